The van der Waals surface area contributed by atoms with E-state index in [0.717, 1.165) is 24.4 Å². The van der Waals surface area contributed by atoms with Gasteiger partial charge in [-0.15, -0.1) is 5.10 Å². The van der Waals surface area contributed by atoms with Crippen molar-refractivity contribution in [2.45, 2.75) is 33.6 Å². The maximum atomic E-state index is 5.44. The molecule has 0 fully saturated rings. The Hall–Kier alpha value is -1.65. The summed E-state index contributed by atoms with van der Waals surface area (Å²) in [5.41, 5.74) is 0.828. The summed E-state index contributed by atoms with van der Waals surface area (Å²) in [5.74, 6) is 2.79. The molecule has 15 heavy (non-hydrogen) atoms. The van der Waals surface area contributed by atoms with Gasteiger partial charge in [-0.25, -0.2) is 9.97 Å². The monoisotopic (exact) mass is 206 g/mol. The third-order valence-corrected chi connectivity index (χ3v) is 2.13. The van der Waals surface area contributed by atoms with Crippen molar-refractivity contribution in [1.82, 2.24) is 20.2 Å². The molecule has 0 aromatic carbocycles. The lowest BCUT2D eigenvalue weighted by Crippen LogP contribution is -1.85. The Labute approximate surface area is 87.9 Å². The minimum absolute atomic E-state index is 0.594. The van der Waals surface area contributed by atoms with Gasteiger partial charge < -0.3 is 4.42 Å². The molecule has 2 aromatic heterocycles. The fourth-order valence-corrected chi connectivity index (χ4v) is 1.48. The first-order valence-electron chi connectivity index (χ1n) is 5.06. The van der Waals surface area contributed by atoms with Crippen LogP contribution in [-0.4, -0.2) is 20.2 Å². The number of nitrogens with zero attached hydrogens (tertiary/aromatic N) is 3. The van der Waals surface area contributed by atoms with E-state index in [0.29, 0.717) is 17.5 Å². The highest BCUT2D eigenvalue weighted by molar-refractivity contribution is 5.49. The van der Waals surface area contributed by atoms with Crippen molar-refractivity contribution in [2.24, 2.45) is 0 Å². The fraction of sp³-hybridized carbons (Fsp3) is 0.500. The van der Waals surface area contributed by atoms with Crippen molar-refractivity contribution in [3.05, 3.63) is 17.4 Å². The van der Waals surface area contributed by atoms with Crippen molar-refractivity contribution in [3.63, 3.8) is 0 Å². The lowest BCUT2D eigenvalue weighted by molar-refractivity contribution is 0.530. The Morgan fingerprint density at radius 1 is 1.27 bits per heavy atom. The topological polar surface area (TPSA) is 67.6 Å². The van der Waals surface area contributed by atoms with Gasteiger partial charge in [0.25, 0.3) is 0 Å². The van der Waals surface area contributed by atoms with E-state index in [9.17, 15) is 0 Å². The van der Waals surface area contributed by atoms with Gasteiger partial charge in [-0.3, -0.25) is 5.10 Å². The van der Waals surface area contributed by atoms with Gasteiger partial charge >= 0.3 is 0 Å². The van der Waals surface area contributed by atoms with Crippen molar-refractivity contribution in [3.8, 4) is 11.6 Å². The normalized spacial score (nSPS) is 10.9. The molecule has 0 unspecified atom stereocenters. The molecule has 0 aliphatic heterocycles. The van der Waals surface area contributed by atoms with Crippen LogP contribution in [0.1, 0.15) is 30.8 Å². The number of aryl methyl sites for hydroxylation is 3. The van der Waals surface area contributed by atoms with Gasteiger partial charge in [0.05, 0.1) is 5.69 Å². The highest BCUT2D eigenvalue weighted by Gasteiger charge is 2.14. The first kappa shape index (κ1) is 9.89. The van der Waals surface area contributed by atoms with E-state index >= 15 is 0 Å². The minimum atomic E-state index is 0.594. The summed E-state index contributed by atoms with van der Waals surface area (Å²) in [6.45, 7) is 5.81. The molecular formula is C10H14N4O. The van der Waals surface area contributed by atoms with Crippen molar-refractivity contribution in [2.75, 3.05) is 0 Å². The molecule has 0 bridgehead atoms. The Morgan fingerprint density at radius 2 is 2.07 bits per heavy atom. The number of hydrogen-bond donors (Lipinski definition) is 1. The van der Waals surface area contributed by atoms with Crippen LogP contribution in [0.25, 0.3) is 11.6 Å². The van der Waals surface area contributed by atoms with Gasteiger partial charge in [0.2, 0.25) is 5.82 Å². The smallest absolute Gasteiger partial charge is 0.218 e. The third-order valence-electron chi connectivity index (χ3n) is 2.13. The Bertz CT molecular complexity index is 458. The van der Waals surface area contributed by atoms with E-state index in [-0.39, 0.29) is 0 Å². The zero-order chi connectivity index (χ0) is 10.8. The third kappa shape index (κ3) is 1.91. The predicted molar refractivity (Wildman–Crippen MR) is 55.3 cm³/mol. The number of hydrogen-bond acceptors (Lipinski definition) is 4. The fourth-order valence-electron chi connectivity index (χ4n) is 1.48. The van der Waals surface area contributed by atoms with Gasteiger partial charge in [-0.2, -0.15) is 0 Å². The molecule has 2 rings (SSSR count). The maximum Gasteiger partial charge on any atom is 0.218 e. The molecule has 80 valence electrons. The molecule has 0 saturated heterocycles. The maximum absolute atomic E-state index is 5.44. The number of aromatic amines is 1. The molecule has 5 heteroatoms. The quantitative estimate of drug-likeness (QED) is 0.834. The zero-order valence-corrected chi connectivity index (χ0v) is 9.16. The summed E-state index contributed by atoms with van der Waals surface area (Å²) in [6.07, 6.45) is 1.95. The number of oxazole rings is 1. The van der Waals surface area contributed by atoms with Crippen LogP contribution < -0.4 is 0 Å². The van der Waals surface area contributed by atoms with Crippen LogP contribution >= 0.6 is 0 Å². The van der Waals surface area contributed by atoms with Gasteiger partial charge in [-0.1, -0.05) is 6.92 Å². The average molecular weight is 206 g/mol. The van der Waals surface area contributed by atoms with Gasteiger partial charge in [0.15, 0.2) is 11.7 Å². The molecular weight excluding hydrogens is 192 g/mol. The number of nitrogens with one attached hydrogen (secondary N) is 1. The molecule has 0 aliphatic rings. The highest BCUT2D eigenvalue weighted by atomic mass is 16.4. The molecule has 2 aromatic rings. The predicted octanol–water partition coefficient (Wildman–Crippen LogP) is 2.03. The van der Waals surface area contributed by atoms with Gasteiger partial charge in [0.1, 0.15) is 5.82 Å². The van der Waals surface area contributed by atoms with Crippen LogP contribution in [0.4, 0.5) is 0 Å². The van der Waals surface area contributed by atoms with Crippen LogP contribution in [0.5, 0.6) is 0 Å². The minimum Gasteiger partial charge on any atom is -0.437 e. The molecule has 0 saturated carbocycles. The summed E-state index contributed by atoms with van der Waals surface area (Å²) < 4.78 is 5.44. The van der Waals surface area contributed by atoms with Crippen LogP contribution in [0.3, 0.4) is 0 Å². The summed E-state index contributed by atoms with van der Waals surface area (Å²) >= 11 is 0. The zero-order valence-electron chi connectivity index (χ0n) is 9.16. The van der Waals surface area contributed by atoms with Crippen LogP contribution in [0, 0.1) is 13.8 Å². The molecule has 1 N–H and O–H groups in total. The molecule has 0 aliphatic carbocycles. The van der Waals surface area contributed by atoms with Crippen LogP contribution in [0.15, 0.2) is 4.42 Å². The van der Waals surface area contributed by atoms with Crippen molar-refractivity contribution < 1.29 is 4.42 Å². The van der Waals surface area contributed by atoms with E-state index in [4.69, 9.17) is 4.42 Å². The SMILES string of the molecule is CCCc1nc(-c2oc(C)nc2C)n[nH]1. The van der Waals surface area contributed by atoms with Crippen LogP contribution in [0.2, 0.25) is 0 Å². The summed E-state index contributed by atoms with van der Waals surface area (Å²) in [7, 11) is 0. The van der Waals surface area contributed by atoms with E-state index in [2.05, 4.69) is 27.1 Å². The van der Waals surface area contributed by atoms with E-state index in [1.54, 1.807) is 0 Å². The van der Waals surface area contributed by atoms with Gasteiger partial charge in [0, 0.05) is 13.3 Å². The average Bonchev–Trinajstić information content (AvgIpc) is 2.73. The Kier molecular flexibility index (Phi) is 2.53. The Balaban J connectivity index is 2.32. The summed E-state index contributed by atoms with van der Waals surface area (Å²) in [4.78, 5) is 8.53. The molecule has 2 heterocycles. The van der Waals surface area contributed by atoms with E-state index in [1.807, 2.05) is 13.8 Å². The van der Waals surface area contributed by atoms with Crippen molar-refractivity contribution >= 4 is 0 Å². The lowest BCUT2D eigenvalue weighted by atomic mass is 10.3. The van der Waals surface area contributed by atoms with Crippen LogP contribution in [-0.2, 0) is 6.42 Å². The molecule has 0 spiro atoms. The second-order valence-corrected chi connectivity index (χ2v) is 3.50. The summed E-state index contributed by atoms with van der Waals surface area (Å²) in [5, 5.41) is 7.00. The molecule has 0 amide bonds. The first-order chi connectivity index (χ1) is 7.20. The molecule has 0 atom stereocenters. The number of rotatable bonds is 3. The number of H-pyrrole nitrogens is 1. The lowest BCUT2D eigenvalue weighted by Gasteiger charge is -1.88. The Morgan fingerprint density at radius 3 is 2.67 bits per heavy atom. The van der Waals surface area contributed by atoms with E-state index < -0.39 is 0 Å². The second-order valence-electron chi connectivity index (χ2n) is 3.50. The molecule has 5 nitrogen and oxygen atoms in total. The summed E-state index contributed by atoms with van der Waals surface area (Å²) in [6, 6.07) is 0. The van der Waals surface area contributed by atoms with Crippen molar-refractivity contribution in [1.29, 1.82) is 0 Å². The largest absolute Gasteiger partial charge is 0.437 e. The second kappa shape index (κ2) is 3.84. The molecule has 0 radical (unpaired) electrons. The van der Waals surface area contributed by atoms with Gasteiger partial charge in [-0.05, 0) is 13.3 Å². The first-order valence-corrected chi connectivity index (χ1v) is 5.06. The van der Waals surface area contributed by atoms with E-state index in [1.165, 1.54) is 0 Å². The highest BCUT2D eigenvalue weighted by Crippen LogP contribution is 2.20. The standard InChI is InChI=1S/C10H14N4O/c1-4-5-8-12-10(14-13-8)9-6(2)11-7(3)15-9/h4-5H2,1-3H3,(H,12,13,14). The number of aromatic nitrogens is 4.